The monoisotopic (exact) mass is 388 g/mol. The van der Waals surface area contributed by atoms with Crippen molar-refractivity contribution < 1.29 is 4.79 Å². The summed E-state index contributed by atoms with van der Waals surface area (Å²) < 4.78 is 0. The molecule has 4 rings (SSSR count). The Bertz CT molecular complexity index is 1140. The molecule has 28 heavy (non-hydrogen) atoms. The largest absolute Gasteiger partial charge is 0.322 e. The number of fused-ring (bicyclic) bond motifs is 1. The van der Waals surface area contributed by atoms with Crippen LogP contribution in [-0.2, 0) is 0 Å². The minimum absolute atomic E-state index is 0. The van der Waals surface area contributed by atoms with Gasteiger partial charge in [-0.15, -0.1) is 12.4 Å². The van der Waals surface area contributed by atoms with Gasteiger partial charge in [0.15, 0.2) is 0 Å². The number of rotatable bonds is 3. The van der Waals surface area contributed by atoms with E-state index in [1.165, 1.54) is 0 Å². The van der Waals surface area contributed by atoms with Gasteiger partial charge in [0.2, 0.25) is 0 Å². The lowest BCUT2D eigenvalue weighted by atomic mass is 9.94. The molecule has 0 spiro atoms. The van der Waals surface area contributed by atoms with Crippen LogP contribution in [-0.4, -0.2) is 10.9 Å². The van der Waals surface area contributed by atoms with Gasteiger partial charge in [0, 0.05) is 16.6 Å². The maximum absolute atomic E-state index is 13.3. The fourth-order valence-corrected chi connectivity index (χ4v) is 3.42. The van der Waals surface area contributed by atoms with Crippen LogP contribution in [0, 0.1) is 13.8 Å². The fraction of sp³-hybridized carbons (Fsp3) is 0.0833. The minimum Gasteiger partial charge on any atom is -0.322 e. The molecular weight excluding hydrogens is 368 g/mol. The molecule has 0 atom stereocenters. The molecule has 0 bridgehead atoms. The Morgan fingerprint density at radius 3 is 2.21 bits per heavy atom. The number of carbonyl (C=O) groups excluding carboxylic acids is 1. The van der Waals surface area contributed by atoms with Crippen molar-refractivity contribution >= 4 is 34.9 Å². The molecule has 1 heterocycles. The van der Waals surface area contributed by atoms with Crippen LogP contribution in [0.1, 0.15) is 21.6 Å². The van der Waals surface area contributed by atoms with Gasteiger partial charge < -0.3 is 5.32 Å². The van der Waals surface area contributed by atoms with E-state index < -0.39 is 0 Å². The molecule has 1 aromatic heterocycles. The van der Waals surface area contributed by atoms with Crippen molar-refractivity contribution in [3.8, 4) is 11.1 Å². The summed E-state index contributed by atoms with van der Waals surface area (Å²) in [5.41, 5.74) is 5.99. The van der Waals surface area contributed by atoms with Crippen molar-refractivity contribution in [2.24, 2.45) is 0 Å². The molecule has 0 radical (unpaired) electrons. The number of para-hydroxylation sites is 2. The van der Waals surface area contributed by atoms with Gasteiger partial charge in [0.05, 0.1) is 16.8 Å². The number of nitrogens with one attached hydrogen (secondary N) is 1. The third-order valence-electron chi connectivity index (χ3n) is 4.76. The second-order valence-corrected chi connectivity index (χ2v) is 6.60. The quantitative estimate of drug-likeness (QED) is 0.454. The van der Waals surface area contributed by atoms with Gasteiger partial charge >= 0.3 is 0 Å². The van der Waals surface area contributed by atoms with Crippen LogP contribution >= 0.6 is 12.4 Å². The second-order valence-electron chi connectivity index (χ2n) is 6.60. The highest BCUT2D eigenvalue weighted by Gasteiger charge is 2.20. The average Bonchev–Trinajstić information content (AvgIpc) is 2.69. The molecule has 0 aliphatic carbocycles. The molecule has 4 heteroatoms. The van der Waals surface area contributed by atoms with E-state index in [2.05, 4.69) is 10.3 Å². The molecule has 4 aromatic rings. The van der Waals surface area contributed by atoms with E-state index in [1.807, 2.05) is 92.7 Å². The zero-order chi connectivity index (χ0) is 18.8. The summed E-state index contributed by atoms with van der Waals surface area (Å²) in [6.07, 6.45) is 0. The summed E-state index contributed by atoms with van der Waals surface area (Å²) in [7, 11) is 0. The number of aromatic nitrogens is 1. The third-order valence-corrected chi connectivity index (χ3v) is 4.76. The van der Waals surface area contributed by atoms with E-state index >= 15 is 0 Å². The first-order valence-corrected chi connectivity index (χ1v) is 8.97. The fourth-order valence-electron chi connectivity index (χ4n) is 3.42. The highest BCUT2D eigenvalue weighted by atomic mass is 35.5. The Hall–Kier alpha value is -3.17. The van der Waals surface area contributed by atoms with Crippen molar-refractivity contribution in [2.75, 3.05) is 5.32 Å². The van der Waals surface area contributed by atoms with Crippen molar-refractivity contribution in [1.29, 1.82) is 0 Å². The van der Waals surface area contributed by atoms with Crippen LogP contribution in [0.15, 0.2) is 78.9 Å². The lowest BCUT2D eigenvalue weighted by Gasteiger charge is -2.16. The molecule has 0 aliphatic rings. The number of pyridine rings is 1. The number of benzene rings is 3. The highest BCUT2D eigenvalue weighted by Crippen LogP contribution is 2.33. The lowest BCUT2D eigenvalue weighted by molar-refractivity contribution is 0.102. The Morgan fingerprint density at radius 2 is 1.46 bits per heavy atom. The predicted octanol–water partition coefficient (Wildman–Crippen LogP) is 6.19. The molecule has 1 N–H and O–H groups in total. The second kappa shape index (κ2) is 8.24. The molecule has 0 aliphatic heterocycles. The van der Waals surface area contributed by atoms with E-state index in [9.17, 15) is 4.79 Å². The standard InChI is InChI=1S/C24H20N2O.ClH/c1-16-10-6-8-14-20(16)26-24(27)22-17(2)25-21-15-9-7-13-19(21)23(22)18-11-4-3-5-12-18;/h3-15H,1-2H3,(H,26,27);1H. The number of hydrogen-bond acceptors (Lipinski definition) is 2. The number of aryl methyl sites for hydroxylation is 2. The van der Waals surface area contributed by atoms with E-state index in [0.29, 0.717) is 5.56 Å². The molecule has 0 saturated heterocycles. The summed E-state index contributed by atoms with van der Waals surface area (Å²) in [6.45, 7) is 3.88. The van der Waals surface area contributed by atoms with E-state index in [0.717, 1.165) is 39.0 Å². The molecular formula is C24H21ClN2O. The third kappa shape index (κ3) is 3.62. The Balaban J connectivity index is 0.00000225. The molecule has 3 aromatic carbocycles. The van der Waals surface area contributed by atoms with Gasteiger partial charge in [-0.25, -0.2) is 0 Å². The van der Waals surface area contributed by atoms with Gasteiger partial charge in [0.25, 0.3) is 5.91 Å². The maximum atomic E-state index is 13.3. The summed E-state index contributed by atoms with van der Waals surface area (Å²) in [5, 5.41) is 4.04. The van der Waals surface area contributed by atoms with Crippen LogP contribution in [0.3, 0.4) is 0 Å². The Morgan fingerprint density at radius 1 is 0.821 bits per heavy atom. The summed E-state index contributed by atoms with van der Waals surface area (Å²) in [6, 6.07) is 25.8. The molecule has 0 unspecified atom stereocenters. The zero-order valence-corrected chi connectivity index (χ0v) is 16.6. The van der Waals surface area contributed by atoms with Gasteiger partial charge in [-0.3, -0.25) is 9.78 Å². The van der Waals surface area contributed by atoms with Crippen LogP contribution in [0.5, 0.6) is 0 Å². The smallest absolute Gasteiger partial charge is 0.258 e. The zero-order valence-electron chi connectivity index (χ0n) is 15.8. The molecule has 140 valence electrons. The average molecular weight is 389 g/mol. The number of amides is 1. The highest BCUT2D eigenvalue weighted by molar-refractivity contribution is 6.14. The number of carbonyl (C=O) groups is 1. The first-order chi connectivity index (χ1) is 13.1. The summed E-state index contributed by atoms with van der Waals surface area (Å²) in [4.78, 5) is 18.0. The molecule has 3 nitrogen and oxygen atoms in total. The number of nitrogens with zero attached hydrogens (tertiary/aromatic N) is 1. The summed E-state index contributed by atoms with van der Waals surface area (Å²) >= 11 is 0. The first-order valence-electron chi connectivity index (χ1n) is 8.97. The van der Waals surface area contributed by atoms with Crippen molar-refractivity contribution in [3.63, 3.8) is 0 Å². The van der Waals surface area contributed by atoms with Crippen LogP contribution < -0.4 is 5.32 Å². The lowest BCUT2D eigenvalue weighted by Crippen LogP contribution is -2.16. The predicted molar refractivity (Wildman–Crippen MR) is 118 cm³/mol. The SMILES string of the molecule is Cc1ccccc1NC(=O)c1c(C)nc2ccccc2c1-c1ccccc1.Cl. The topological polar surface area (TPSA) is 42.0 Å². The maximum Gasteiger partial charge on any atom is 0.258 e. The van der Waals surface area contributed by atoms with Crippen molar-refractivity contribution in [2.45, 2.75) is 13.8 Å². The Kier molecular flexibility index (Phi) is 5.76. The number of halogens is 1. The number of hydrogen-bond donors (Lipinski definition) is 1. The van der Waals surface area contributed by atoms with Gasteiger partial charge in [-0.1, -0.05) is 66.7 Å². The van der Waals surface area contributed by atoms with E-state index in [4.69, 9.17) is 0 Å². The van der Waals surface area contributed by atoms with E-state index in [1.54, 1.807) is 0 Å². The van der Waals surface area contributed by atoms with Crippen LogP contribution in [0.4, 0.5) is 5.69 Å². The first kappa shape index (κ1) is 19.6. The normalized spacial score (nSPS) is 10.4. The van der Waals surface area contributed by atoms with Crippen molar-refractivity contribution in [3.05, 3.63) is 95.7 Å². The molecule has 0 fully saturated rings. The van der Waals surface area contributed by atoms with Crippen molar-refractivity contribution in [1.82, 2.24) is 4.98 Å². The van der Waals surface area contributed by atoms with E-state index in [-0.39, 0.29) is 18.3 Å². The van der Waals surface area contributed by atoms with Crippen LogP contribution in [0.25, 0.3) is 22.0 Å². The molecule has 0 saturated carbocycles. The minimum atomic E-state index is -0.140. The van der Waals surface area contributed by atoms with Gasteiger partial charge in [-0.2, -0.15) is 0 Å². The van der Waals surface area contributed by atoms with Gasteiger partial charge in [-0.05, 0) is 37.1 Å². The van der Waals surface area contributed by atoms with Gasteiger partial charge in [0.1, 0.15) is 0 Å². The molecule has 1 amide bonds. The van der Waals surface area contributed by atoms with Crippen LogP contribution in [0.2, 0.25) is 0 Å². The summed E-state index contributed by atoms with van der Waals surface area (Å²) in [5.74, 6) is -0.140. The number of anilines is 1. The Labute approximate surface area is 170 Å².